The molecule has 1 heterocycles. The van der Waals surface area contributed by atoms with Crippen LogP contribution < -0.4 is 10.2 Å². The van der Waals surface area contributed by atoms with Crippen molar-refractivity contribution >= 4 is 35.2 Å². The number of amides is 1. The van der Waals surface area contributed by atoms with Crippen LogP contribution in [0.3, 0.4) is 0 Å². The largest absolute Gasteiger partial charge is 0.444 e. The molecule has 2 aromatic rings. The van der Waals surface area contributed by atoms with Gasteiger partial charge in [-0.3, -0.25) is 9.28 Å². The minimum absolute atomic E-state index is 0.128. The molecule has 8 heteroatoms. The summed E-state index contributed by atoms with van der Waals surface area (Å²) >= 11 is 1.79. The van der Waals surface area contributed by atoms with Gasteiger partial charge in [0.15, 0.2) is 0 Å². The number of nitrogens with one attached hydrogen (secondary N) is 1. The van der Waals surface area contributed by atoms with Gasteiger partial charge in [0, 0.05) is 16.3 Å². The summed E-state index contributed by atoms with van der Waals surface area (Å²) in [7, 11) is 4.14. The van der Waals surface area contributed by atoms with Crippen LogP contribution in [0.25, 0.3) is 0 Å². The molecular formula is C28H40N3O4S+. The van der Waals surface area contributed by atoms with Gasteiger partial charge in [-0.1, -0.05) is 36.0 Å². The van der Waals surface area contributed by atoms with E-state index in [1.54, 1.807) is 46.4 Å². The number of likely N-dealkylation sites (N-methyl/N-ethyl adjacent to an activating group) is 1. The first-order valence-corrected chi connectivity index (χ1v) is 13.1. The van der Waals surface area contributed by atoms with Gasteiger partial charge in [0.05, 0.1) is 37.4 Å². The molecule has 0 saturated carbocycles. The molecule has 1 atom stereocenters. The maximum absolute atomic E-state index is 12.9. The van der Waals surface area contributed by atoms with Gasteiger partial charge in [-0.15, -0.1) is 0 Å². The van der Waals surface area contributed by atoms with Crippen LogP contribution in [0.5, 0.6) is 0 Å². The Morgan fingerprint density at radius 2 is 1.50 bits per heavy atom. The lowest BCUT2D eigenvalue weighted by Gasteiger charge is -2.40. The summed E-state index contributed by atoms with van der Waals surface area (Å²) in [6, 6.07) is 17.1. The van der Waals surface area contributed by atoms with E-state index in [4.69, 9.17) is 9.47 Å². The summed E-state index contributed by atoms with van der Waals surface area (Å²) in [5.41, 5.74) is 0.904. The van der Waals surface area contributed by atoms with Crippen LogP contribution in [0, 0.1) is 5.41 Å². The molecule has 3 rings (SSSR count). The maximum Gasteiger partial charge on any atom is 0.407 e. The van der Waals surface area contributed by atoms with Crippen molar-refractivity contribution in [2.24, 2.45) is 5.41 Å². The third-order valence-electron chi connectivity index (χ3n) is 6.33. The highest BCUT2D eigenvalue weighted by Crippen LogP contribution is 2.48. The standard InChI is InChI=1S/C28H39N3O4S/c1-20(17-30-21-13-9-11-15-23(21)36-24-16-12-10-14-22(24)30)31(7,8)19-34-25(32)28(5,6)18-29-26(33)35-27(2,3)4/h9-16,20H,17-19H2,1-8H3/p+1. The predicted octanol–water partition coefficient (Wildman–Crippen LogP) is 5.81. The van der Waals surface area contributed by atoms with Gasteiger partial charge in [-0.2, -0.15) is 0 Å². The Labute approximate surface area is 219 Å². The van der Waals surface area contributed by atoms with Crippen LogP contribution in [0.1, 0.15) is 41.5 Å². The van der Waals surface area contributed by atoms with Crippen LogP contribution in [0.4, 0.5) is 16.2 Å². The van der Waals surface area contributed by atoms with Crippen molar-refractivity contribution in [3.05, 3.63) is 48.5 Å². The molecule has 1 aliphatic heterocycles. The topological polar surface area (TPSA) is 67.9 Å². The van der Waals surface area contributed by atoms with Crippen molar-refractivity contribution in [2.75, 3.05) is 38.8 Å². The number of para-hydroxylation sites is 2. The van der Waals surface area contributed by atoms with Gasteiger partial charge in [-0.25, -0.2) is 4.79 Å². The van der Waals surface area contributed by atoms with E-state index < -0.39 is 17.1 Å². The van der Waals surface area contributed by atoms with Crippen molar-refractivity contribution in [1.82, 2.24) is 5.32 Å². The van der Waals surface area contributed by atoms with E-state index in [9.17, 15) is 9.59 Å². The summed E-state index contributed by atoms with van der Waals surface area (Å²) < 4.78 is 11.5. The molecule has 0 fully saturated rings. The number of hydrogen-bond donors (Lipinski definition) is 1. The predicted molar refractivity (Wildman–Crippen MR) is 145 cm³/mol. The van der Waals surface area contributed by atoms with Crippen molar-refractivity contribution in [3.8, 4) is 0 Å². The third kappa shape index (κ3) is 6.95. The molecule has 0 saturated heterocycles. The van der Waals surface area contributed by atoms with Crippen molar-refractivity contribution in [3.63, 3.8) is 0 Å². The molecule has 0 aliphatic carbocycles. The number of rotatable bonds is 8. The minimum atomic E-state index is -0.887. The SMILES string of the molecule is CC(CN1c2ccccc2Sc2ccccc21)[N+](C)(C)COC(=O)C(C)(C)CNC(=O)OC(C)(C)C. The summed E-state index contributed by atoms with van der Waals surface area (Å²) in [6.45, 7) is 12.2. The highest BCUT2D eigenvalue weighted by Gasteiger charge is 2.35. The zero-order valence-electron chi connectivity index (χ0n) is 22.8. The maximum atomic E-state index is 12.9. The Morgan fingerprint density at radius 1 is 0.972 bits per heavy atom. The van der Waals surface area contributed by atoms with E-state index in [0.29, 0.717) is 4.48 Å². The molecule has 0 aromatic heterocycles. The van der Waals surface area contributed by atoms with Crippen molar-refractivity contribution < 1.29 is 23.5 Å². The molecule has 1 amide bonds. The molecule has 36 heavy (non-hydrogen) atoms. The van der Waals surface area contributed by atoms with Gasteiger partial charge in [0.25, 0.3) is 0 Å². The van der Waals surface area contributed by atoms with Crippen molar-refractivity contribution in [1.29, 1.82) is 0 Å². The van der Waals surface area contributed by atoms with Crippen LogP contribution in [-0.4, -0.2) is 62.1 Å². The van der Waals surface area contributed by atoms with E-state index in [0.717, 1.165) is 6.54 Å². The van der Waals surface area contributed by atoms with Crippen LogP contribution in [0.15, 0.2) is 58.3 Å². The number of carbonyl (C=O) groups excluding carboxylic acids is 2. The summed E-state index contributed by atoms with van der Waals surface area (Å²) in [5, 5.41) is 2.68. The van der Waals surface area contributed by atoms with E-state index in [1.807, 2.05) is 0 Å². The molecule has 0 bridgehead atoms. The average Bonchev–Trinajstić information content (AvgIpc) is 2.80. The molecule has 0 radical (unpaired) electrons. The highest BCUT2D eigenvalue weighted by molar-refractivity contribution is 7.99. The van der Waals surface area contributed by atoms with E-state index in [-0.39, 0.29) is 25.3 Å². The number of quaternary nitrogens is 1. The molecule has 1 N–H and O–H groups in total. The first kappa shape index (κ1) is 27.9. The lowest BCUT2D eigenvalue weighted by molar-refractivity contribution is -0.927. The molecule has 0 spiro atoms. The number of fused-ring (bicyclic) bond motifs is 2. The van der Waals surface area contributed by atoms with Crippen LogP contribution in [-0.2, 0) is 14.3 Å². The lowest BCUT2D eigenvalue weighted by Crippen LogP contribution is -2.54. The fraction of sp³-hybridized carbons (Fsp3) is 0.500. The Morgan fingerprint density at radius 3 is 2.03 bits per heavy atom. The Balaban J connectivity index is 1.63. The zero-order valence-corrected chi connectivity index (χ0v) is 23.6. The molecular weight excluding hydrogens is 474 g/mol. The van der Waals surface area contributed by atoms with Crippen LogP contribution in [0.2, 0.25) is 0 Å². The second-order valence-corrected chi connectivity index (χ2v) is 12.7. The molecule has 1 unspecified atom stereocenters. The number of anilines is 2. The second-order valence-electron chi connectivity index (χ2n) is 11.6. The monoisotopic (exact) mass is 514 g/mol. The van der Waals surface area contributed by atoms with Gasteiger partial charge in [-0.05, 0) is 65.8 Å². The Hall–Kier alpha value is -2.71. The van der Waals surface area contributed by atoms with E-state index in [2.05, 4.69) is 79.8 Å². The number of hydrogen-bond acceptors (Lipinski definition) is 6. The quantitative estimate of drug-likeness (QED) is 0.273. The Bertz CT molecular complexity index is 1050. The van der Waals surface area contributed by atoms with Gasteiger partial charge in [0.1, 0.15) is 11.6 Å². The number of nitrogens with zero attached hydrogens (tertiary/aromatic N) is 2. The summed E-state index contributed by atoms with van der Waals surface area (Å²) in [5.74, 6) is -0.359. The minimum Gasteiger partial charge on any atom is -0.444 e. The van der Waals surface area contributed by atoms with Gasteiger partial charge in [0.2, 0.25) is 6.73 Å². The second kappa shape index (κ2) is 10.7. The lowest BCUT2D eigenvalue weighted by atomic mass is 9.94. The smallest absolute Gasteiger partial charge is 0.407 e. The highest BCUT2D eigenvalue weighted by atomic mass is 32.2. The van der Waals surface area contributed by atoms with E-state index in [1.165, 1.54) is 21.2 Å². The summed E-state index contributed by atoms with van der Waals surface area (Å²) in [4.78, 5) is 29.8. The van der Waals surface area contributed by atoms with Gasteiger partial charge < -0.3 is 19.7 Å². The number of ether oxygens (including phenoxy) is 2. The number of alkyl carbamates (subject to hydrolysis) is 1. The third-order valence-corrected chi connectivity index (χ3v) is 7.46. The average molecular weight is 515 g/mol. The Kier molecular flexibility index (Phi) is 8.30. The molecule has 7 nitrogen and oxygen atoms in total. The summed E-state index contributed by atoms with van der Waals surface area (Å²) in [6.07, 6.45) is -0.548. The molecule has 2 aromatic carbocycles. The number of esters is 1. The van der Waals surface area contributed by atoms with E-state index >= 15 is 0 Å². The zero-order chi connectivity index (χ0) is 26.7. The molecule has 1 aliphatic rings. The first-order valence-electron chi connectivity index (χ1n) is 12.3. The van der Waals surface area contributed by atoms with Crippen LogP contribution >= 0.6 is 11.8 Å². The normalized spacial score (nSPS) is 14.4. The number of carbonyl (C=O) groups is 2. The van der Waals surface area contributed by atoms with Gasteiger partial charge >= 0.3 is 12.1 Å². The fourth-order valence-electron chi connectivity index (χ4n) is 3.69. The molecule has 196 valence electrons. The first-order chi connectivity index (χ1) is 16.7. The number of benzene rings is 2. The fourth-order valence-corrected chi connectivity index (χ4v) is 4.79. The van der Waals surface area contributed by atoms with Crippen molar-refractivity contribution in [2.45, 2.75) is 63.0 Å².